The van der Waals surface area contributed by atoms with Gasteiger partial charge in [0.05, 0.1) is 17.1 Å². The summed E-state index contributed by atoms with van der Waals surface area (Å²) in [4.78, 5) is 22.1. The number of nitro benzene ring substituents is 1. The summed E-state index contributed by atoms with van der Waals surface area (Å²) in [5, 5.41) is 14.7. The van der Waals surface area contributed by atoms with Crippen LogP contribution < -0.4 is 5.43 Å². The first-order chi connectivity index (χ1) is 11.5. The van der Waals surface area contributed by atoms with Gasteiger partial charge in [-0.15, -0.1) is 0 Å². The topological polar surface area (TPSA) is 84.6 Å². The van der Waals surface area contributed by atoms with Crippen molar-refractivity contribution in [3.05, 3.63) is 81.9 Å². The van der Waals surface area contributed by atoms with Crippen LogP contribution >= 0.6 is 0 Å². The number of rotatable bonds is 6. The summed E-state index contributed by atoms with van der Waals surface area (Å²) in [5.74, 6) is -0.204. The van der Waals surface area contributed by atoms with E-state index in [0.717, 1.165) is 5.56 Å². The third kappa shape index (κ3) is 5.49. The lowest BCUT2D eigenvalue weighted by atomic mass is 10.1. The summed E-state index contributed by atoms with van der Waals surface area (Å²) in [7, 11) is 0. The number of nitrogens with one attached hydrogen (secondary N) is 1. The number of hydrazone groups is 1. The second-order valence-corrected chi connectivity index (χ2v) is 5.14. The molecule has 0 aromatic heterocycles. The van der Waals surface area contributed by atoms with Crippen molar-refractivity contribution in [1.29, 1.82) is 0 Å². The van der Waals surface area contributed by atoms with E-state index in [2.05, 4.69) is 10.5 Å². The Balaban J connectivity index is 1.92. The Hall–Kier alpha value is -3.28. The number of non-ortho nitro benzene ring substituents is 1. The van der Waals surface area contributed by atoms with E-state index in [1.54, 1.807) is 31.2 Å². The largest absolute Gasteiger partial charge is 0.273 e. The molecule has 0 saturated carbocycles. The minimum absolute atomic E-state index is 0.0305. The van der Waals surface area contributed by atoms with Gasteiger partial charge in [-0.25, -0.2) is 5.43 Å². The van der Waals surface area contributed by atoms with E-state index >= 15 is 0 Å². The predicted octanol–water partition coefficient (Wildman–Crippen LogP) is 3.34. The molecule has 0 atom stereocenters. The van der Waals surface area contributed by atoms with Crippen molar-refractivity contribution in [2.24, 2.45) is 5.10 Å². The van der Waals surface area contributed by atoms with E-state index in [0.29, 0.717) is 11.3 Å². The smallest absolute Gasteiger partial charge is 0.270 e. The van der Waals surface area contributed by atoms with Gasteiger partial charge >= 0.3 is 0 Å². The van der Waals surface area contributed by atoms with E-state index in [9.17, 15) is 14.9 Å². The molecule has 0 saturated heterocycles. The molecule has 24 heavy (non-hydrogen) atoms. The lowest BCUT2D eigenvalue weighted by Gasteiger charge is -2.01. The second-order valence-electron chi connectivity index (χ2n) is 5.14. The van der Waals surface area contributed by atoms with Gasteiger partial charge in [0.15, 0.2) is 0 Å². The third-order valence-corrected chi connectivity index (χ3v) is 3.16. The fourth-order valence-electron chi connectivity index (χ4n) is 1.97. The van der Waals surface area contributed by atoms with Gasteiger partial charge in [-0.2, -0.15) is 5.10 Å². The molecule has 0 radical (unpaired) electrons. The van der Waals surface area contributed by atoms with Crippen LogP contribution in [0.5, 0.6) is 0 Å². The molecule has 6 nitrogen and oxygen atoms in total. The summed E-state index contributed by atoms with van der Waals surface area (Å²) < 4.78 is 0. The molecule has 0 fully saturated rings. The van der Waals surface area contributed by atoms with Crippen LogP contribution in [0.1, 0.15) is 18.1 Å². The molecule has 0 aliphatic heterocycles. The average molecular weight is 323 g/mol. The second kappa shape index (κ2) is 8.38. The SMILES string of the molecule is CC(/C=C/c1cccc([N+](=O)[O-])c1)=N\NC(=O)Cc1ccccc1. The molecule has 0 bridgehead atoms. The summed E-state index contributed by atoms with van der Waals surface area (Å²) >= 11 is 0. The van der Waals surface area contributed by atoms with Gasteiger partial charge in [0.1, 0.15) is 0 Å². The number of nitro groups is 1. The number of allylic oxidation sites excluding steroid dienone is 1. The molecular weight excluding hydrogens is 306 g/mol. The van der Waals surface area contributed by atoms with Crippen LogP contribution in [0.2, 0.25) is 0 Å². The van der Waals surface area contributed by atoms with E-state index in [-0.39, 0.29) is 18.0 Å². The Kier molecular flexibility index (Phi) is 5.96. The Labute approximate surface area is 139 Å². The van der Waals surface area contributed by atoms with Gasteiger partial charge in [0.2, 0.25) is 5.91 Å². The quantitative estimate of drug-likeness (QED) is 0.502. The Bertz CT molecular complexity index is 783. The van der Waals surface area contributed by atoms with Gasteiger partial charge in [0.25, 0.3) is 5.69 Å². The first kappa shape index (κ1) is 17.1. The standard InChI is InChI=1S/C18H17N3O3/c1-14(10-11-16-8-5-9-17(12-16)21(23)24)19-20-18(22)13-15-6-3-2-4-7-15/h2-12H,13H2,1H3,(H,20,22)/b11-10+,19-14+. The zero-order valence-electron chi connectivity index (χ0n) is 13.2. The molecule has 2 aromatic carbocycles. The lowest BCUT2D eigenvalue weighted by molar-refractivity contribution is -0.384. The number of carbonyl (C=O) groups is 1. The van der Waals surface area contributed by atoms with Crippen molar-refractivity contribution in [1.82, 2.24) is 5.43 Å². The number of benzene rings is 2. The van der Waals surface area contributed by atoms with E-state index in [1.165, 1.54) is 12.1 Å². The van der Waals surface area contributed by atoms with Crippen molar-refractivity contribution in [3.63, 3.8) is 0 Å². The fourth-order valence-corrected chi connectivity index (χ4v) is 1.97. The van der Waals surface area contributed by atoms with Crippen molar-refractivity contribution < 1.29 is 9.72 Å². The average Bonchev–Trinajstić information content (AvgIpc) is 2.59. The number of carbonyl (C=O) groups excluding carboxylic acids is 1. The number of amides is 1. The molecule has 122 valence electrons. The maximum atomic E-state index is 11.8. The van der Waals surface area contributed by atoms with E-state index in [4.69, 9.17) is 0 Å². The highest BCUT2D eigenvalue weighted by atomic mass is 16.6. The van der Waals surface area contributed by atoms with Crippen LogP contribution in [-0.4, -0.2) is 16.5 Å². The zero-order chi connectivity index (χ0) is 17.4. The van der Waals surface area contributed by atoms with Crippen molar-refractivity contribution in [3.8, 4) is 0 Å². The van der Waals surface area contributed by atoms with E-state index in [1.807, 2.05) is 30.3 Å². The van der Waals surface area contributed by atoms with Crippen molar-refractivity contribution in [2.75, 3.05) is 0 Å². The van der Waals surface area contributed by atoms with Gasteiger partial charge in [0, 0.05) is 12.1 Å². The highest BCUT2D eigenvalue weighted by Crippen LogP contribution is 2.14. The summed E-state index contributed by atoms with van der Waals surface area (Å²) in [6, 6.07) is 15.7. The molecule has 0 spiro atoms. The fraction of sp³-hybridized carbons (Fsp3) is 0.111. The highest BCUT2D eigenvalue weighted by Gasteiger charge is 2.04. The van der Waals surface area contributed by atoms with Gasteiger partial charge in [-0.1, -0.05) is 48.5 Å². The van der Waals surface area contributed by atoms with Crippen molar-refractivity contribution in [2.45, 2.75) is 13.3 Å². The molecule has 1 N–H and O–H groups in total. The van der Waals surface area contributed by atoms with Gasteiger partial charge in [-0.05, 0) is 24.1 Å². The maximum Gasteiger partial charge on any atom is 0.270 e. The molecule has 0 unspecified atom stereocenters. The molecule has 0 aliphatic carbocycles. The molecular formula is C18H17N3O3. The Morgan fingerprint density at radius 2 is 1.96 bits per heavy atom. The van der Waals surface area contributed by atoms with E-state index < -0.39 is 4.92 Å². The number of nitrogens with zero attached hydrogens (tertiary/aromatic N) is 2. The summed E-state index contributed by atoms with van der Waals surface area (Å²) in [6.07, 6.45) is 3.64. The van der Waals surface area contributed by atoms with Gasteiger partial charge in [-0.3, -0.25) is 14.9 Å². The summed E-state index contributed by atoms with van der Waals surface area (Å²) in [6.45, 7) is 1.73. The summed E-state index contributed by atoms with van der Waals surface area (Å²) in [5.41, 5.74) is 4.70. The maximum absolute atomic E-state index is 11.8. The van der Waals surface area contributed by atoms with Crippen LogP contribution in [-0.2, 0) is 11.2 Å². The molecule has 1 amide bonds. The van der Waals surface area contributed by atoms with Crippen LogP contribution in [0.4, 0.5) is 5.69 Å². The normalized spacial score (nSPS) is 11.5. The monoisotopic (exact) mass is 323 g/mol. The molecule has 0 heterocycles. The zero-order valence-corrected chi connectivity index (χ0v) is 13.2. The minimum atomic E-state index is -0.442. The van der Waals surface area contributed by atoms with Crippen LogP contribution in [0.25, 0.3) is 6.08 Å². The molecule has 2 rings (SSSR count). The Morgan fingerprint density at radius 1 is 1.21 bits per heavy atom. The van der Waals surface area contributed by atoms with Crippen LogP contribution in [0.3, 0.4) is 0 Å². The minimum Gasteiger partial charge on any atom is -0.273 e. The lowest BCUT2D eigenvalue weighted by Crippen LogP contribution is -2.20. The number of hydrogen-bond acceptors (Lipinski definition) is 4. The number of hydrogen-bond donors (Lipinski definition) is 1. The van der Waals surface area contributed by atoms with Crippen LogP contribution in [0, 0.1) is 10.1 Å². The van der Waals surface area contributed by atoms with Crippen LogP contribution in [0.15, 0.2) is 65.8 Å². The first-order valence-electron chi connectivity index (χ1n) is 7.34. The van der Waals surface area contributed by atoms with Crippen molar-refractivity contribution >= 4 is 23.4 Å². The van der Waals surface area contributed by atoms with Gasteiger partial charge < -0.3 is 0 Å². The first-order valence-corrected chi connectivity index (χ1v) is 7.34. The molecule has 2 aromatic rings. The molecule has 6 heteroatoms. The third-order valence-electron chi connectivity index (χ3n) is 3.16. The predicted molar refractivity (Wildman–Crippen MR) is 93.5 cm³/mol. The molecule has 0 aliphatic rings. The Morgan fingerprint density at radius 3 is 2.67 bits per heavy atom. The highest BCUT2D eigenvalue weighted by molar-refractivity contribution is 5.97.